The fraction of sp³-hybridized carbons (Fsp3) is 0.250. The van der Waals surface area contributed by atoms with Gasteiger partial charge in [-0.25, -0.2) is 9.97 Å². The Morgan fingerprint density at radius 2 is 1.79 bits per heavy atom. The van der Waals surface area contributed by atoms with Gasteiger partial charge < -0.3 is 15.3 Å². The van der Waals surface area contributed by atoms with Crippen molar-refractivity contribution in [1.29, 1.82) is 0 Å². The molecule has 2 atom stereocenters. The van der Waals surface area contributed by atoms with E-state index in [0.29, 0.717) is 22.2 Å². The molecule has 0 spiro atoms. The van der Waals surface area contributed by atoms with Crippen LogP contribution in [-0.2, 0) is 0 Å². The lowest BCUT2D eigenvalue weighted by Crippen LogP contribution is -2.22. The Morgan fingerprint density at radius 3 is 2.47 bits per heavy atom. The average Bonchev–Trinajstić information content (AvgIpc) is 2.85. The van der Waals surface area contributed by atoms with E-state index in [2.05, 4.69) is 20.2 Å². The number of H-pyrrole nitrogens is 1. The molecule has 4 N–H and O–H groups in total. The zero-order valence-corrected chi connectivity index (χ0v) is 9.85. The summed E-state index contributed by atoms with van der Waals surface area (Å²) in [4.78, 5) is 8.67. The number of benzene rings is 1. The predicted octanol–water partition coefficient (Wildman–Crippen LogP) is -0.107. The number of aromatic amines is 1. The van der Waals surface area contributed by atoms with E-state index in [9.17, 15) is 10.2 Å². The number of para-hydroxylation sites is 2. The largest absolute Gasteiger partial charge is 0.394 e. The van der Waals surface area contributed by atoms with E-state index in [1.165, 1.54) is 0 Å². The Bertz CT molecular complexity index is 727. The second-order valence-corrected chi connectivity index (χ2v) is 4.22. The predicted molar refractivity (Wildman–Crippen MR) is 67.2 cm³/mol. The van der Waals surface area contributed by atoms with Gasteiger partial charge in [0.25, 0.3) is 0 Å². The van der Waals surface area contributed by atoms with Gasteiger partial charge in [-0.2, -0.15) is 5.10 Å². The van der Waals surface area contributed by atoms with Gasteiger partial charge in [0.1, 0.15) is 17.7 Å². The number of rotatable bonds is 3. The molecule has 2 aromatic heterocycles. The van der Waals surface area contributed by atoms with Crippen LogP contribution in [0, 0.1) is 0 Å². The molecule has 0 bridgehead atoms. The van der Waals surface area contributed by atoms with Crippen LogP contribution in [0.25, 0.3) is 22.2 Å². The number of hydrogen-bond donors (Lipinski definition) is 4. The van der Waals surface area contributed by atoms with Gasteiger partial charge >= 0.3 is 0 Å². The first-order valence-corrected chi connectivity index (χ1v) is 5.78. The Morgan fingerprint density at radius 1 is 1.11 bits per heavy atom. The molecule has 19 heavy (non-hydrogen) atoms. The molecular formula is C12H12N4O3. The minimum Gasteiger partial charge on any atom is -0.394 e. The fourth-order valence-corrected chi connectivity index (χ4v) is 1.91. The van der Waals surface area contributed by atoms with Gasteiger partial charge in [-0.15, -0.1) is 0 Å². The molecule has 0 aliphatic heterocycles. The third-order valence-corrected chi connectivity index (χ3v) is 2.94. The molecule has 0 fully saturated rings. The normalized spacial score (nSPS) is 14.9. The number of nitrogens with zero attached hydrogens (tertiary/aromatic N) is 3. The highest BCUT2D eigenvalue weighted by molar-refractivity contribution is 5.85. The van der Waals surface area contributed by atoms with Gasteiger partial charge in [-0.1, -0.05) is 12.1 Å². The van der Waals surface area contributed by atoms with Gasteiger partial charge in [0, 0.05) is 0 Å². The number of aliphatic hydroxyl groups is 3. The third-order valence-electron chi connectivity index (χ3n) is 2.94. The van der Waals surface area contributed by atoms with E-state index in [-0.39, 0.29) is 5.69 Å². The summed E-state index contributed by atoms with van der Waals surface area (Å²) in [7, 11) is 0. The highest BCUT2D eigenvalue weighted by Crippen LogP contribution is 2.23. The molecule has 0 aliphatic rings. The maximum Gasteiger partial charge on any atom is 0.200 e. The monoisotopic (exact) mass is 260 g/mol. The lowest BCUT2D eigenvalue weighted by molar-refractivity contribution is -0.0167. The fourth-order valence-electron chi connectivity index (χ4n) is 1.91. The summed E-state index contributed by atoms with van der Waals surface area (Å²) >= 11 is 0. The molecule has 0 radical (unpaired) electrons. The SMILES string of the molecule is OC[C@@H](O)[C@H](O)c1[nH]nc2nc3ccccc3nc12. The lowest BCUT2D eigenvalue weighted by atomic mass is 10.1. The summed E-state index contributed by atoms with van der Waals surface area (Å²) < 4.78 is 0. The second-order valence-electron chi connectivity index (χ2n) is 4.22. The van der Waals surface area contributed by atoms with Crippen molar-refractivity contribution in [2.75, 3.05) is 6.61 Å². The van der Waals surface area contributed by atoms with Crippen LogP contribution in [0.15, 0.2) is 24.3 Å². The van der Waals surface area contributed by atoms with Gasteiger partial charge in [0.15, 0.2) is 0 Å². The van der Waals surface area contributed by atoms with Crippen molar-refractivity contribution in [3.8, 4) is 0 Å². The van der Waals surface area contributed by atoms with E-state index in [1.54, 1.807) is 6.07 Å². The summed E-state index contributed by atoms with van der Waals surface area (Å²) in [5, 5.41) is 34.8. The van der Waals surface area contributed by atoms with E-state index in [1.807, 2.05) is 18.2 Å². The van der Waals surface area contributed by atoms with Crippen molar-refractivity contribution >= 4 is 22.2 Å². The number of aliphatic hydroxyl groups excluding tert-OH is 3. The minimum atomic E-state index is -1.29. The van der Waals surface area contributed by atoms with Crippen LogP contribution >= 0.6 is 0 Å². The quantitative estimate of drug-likeness (QED) is 0.522. The van der Waals surface area contributed by atoms with Crippen molar-refractivity contribution in [3.63, 3.8) is 0 Å². The van der Waals surface area contributed by atoms with E-state index in [0.717, 1.165) is 0 Å². The first-order chi connectivity index (χ1) is 9.20. The molecule has 98 valence electrons. The summed E-state index contributed by atoms with van der Waals surface area (Å²) in [5.74, 6) is 0. The molecule has 2 heterocycles. The number of fused-ring (bicyclic) bond motifs is 2. The van der Waals surface area contributed by atoms with Crippen molar-refractivity contribution in [1.82, 2.24) is 20.2 Å². The molecule has 0 unspecified atom stereocenters. The van der Waals surface area contributed by atoms with Crippen molar-refractivity contribution < 1.29 is 15.3 Å². The van der Waals surface area contributed by atoms with Crippen LogP contribution in [0.5, 0.6) is 0 Å². The minimum absolute atomic E-state index is 0.245. The van der Waals surface area contributed by atoms with Crippen LogP contribution in [0.3, 0.4) is 0 Å². The van der Waals surface area contributed by atoms with Crippen LogP contribution in [-0.4, -0.2) is 48.2 Å². The maximum atomic E-state index is 9.90. The molecule has 3 rings (SSSR count). The first kappa shape index (κ1) is 12.0. The van der Waals surface area contributed by atoms with Crippen LogP contribution in [0.1, 0.15) is 11.8 Å². The summed E-state index contributed by atoms with van der Waals surface area (Å²) in [6.07, 6.45) is -2.58. The lowest BCUT2D eigenvalue weighted by Gasteiger charge is -2.13. The Kier molecular flexibility index (Phi) is 2.86. The van der Waals surface area contributed by atoms with E-state index < -0.39 is 18.8 Å². The molecule has 0 amide bonds. The molecule has 7 nitrogen and oxygen atoms in total. The number of hydrogen-bond acceptors (Lipinski definition) is 6. The molecule has 0 aliphatic carbocycles. The van der Waals surface area contributed by atoms with Crippen LogP contribution < -0.4 is 0 Å². The zero-order chi connectivity index (χ0) is 13.4. The second kappa shape index (κ2) is 4.54. The molecule has 0 saturated carbocycles. The molecule has 3 aromatic rings. The van der Waals surface area contributed by atoms with Crippen molar-refractivity contribution in [3.05, 3.63) is 30.0 Å². The summed E-state index contributed by atoms with van der Waals surface area (Å²) in [5.41, 5.74) is 2.36. The van der Waals surface area contributed by atoms with Gasteiger partial charge in [-0.3, -0.25) is 5.10 Å². The molecular weight excluding hydrogens is 248 g/mol. The smallest absolute Gasteiger partial charge is 0.200 e. The number of nitrogens with one attached hydrogen (secondary N) is 1. The maximum absolute atomic E-state index is 9.90. The highest BCUT2D eigenvalue weighted by atomic mass is 16.4. The Balaban J connectivity index is 2.19. The highest BCUT2D eigenvalue weighted by Gasteiger charge is 2.23. The molecule has 1 aromatic carbocycles. The Labute approximate surface area is 107 Å². The standard InChI is InChI=1S/C12H12N4O3/c17-5-8(18)11(19)9-10-12(16-15-9)14-7-4-2-1-3-6(7)13-10/h1-4,8,11,17-19H,5H2,(H,14,15,16)/t8-,11+/m1/s1. The Hall–Kier alpha value is -2.09. The van der Waals surface area contributed by atoms with Gasteiger partial charge in [-0.05, 0) is 12.1 Å². The zero-order valence-electron chi connectivity index (χ0n) is 9.85. The average molecular weight is 260 g/mol. The third kappa shape index (κ3) is 1.93. The van der Waals surface area contributed by atoms with Gasteiger partial charge in [0.05, 0.1) is 23.3 Å². The number of aromatic nitrogens is 4. The van der Waals surface area contributed by atoms with Crippen LogP contribution in [0.4, 0.5) is 0 Å². The first-order valence-electron chi connectivity index (χ1n) is 5.78. The van der Waals surface area contributed by atoms with Gasteiger partial charge in [0.2, 0.25) is 5.65 Å². The van der Waals surface area contributed by atoms with E-state index >= 15 is 0 Å². The topological polar surface area (TPSA) is 115 Å². The molecule has 0 saturated heterocycles. The van der Waals surface area contributed by atoms with Crippen molar-refractivity contribution in [2.45, 2.75) is 12.2 Å². The summed E-state index contributed by atoms with van der Waals surface area (Å²) in [6, 6.07) is 7.30. The van der Waals surface area contributed by atoms with Crippen molar-refractivity contribution in [2.24, 2.45) is 0 Å². The summed E-state index contributed by atoms with van der Waals surface area (Å²) in [6.45, 7) is -0.553. The van der Waals surface area contributed by atoms with E-state index in [4.69, 9.17) is 5.11 Å². The van der Waals surface area contributed by atoms with Crippen LogP contribution in [0.2, 0.25) is 0 Å². The molecule has 7 heteroatoms.